The lowest BCUT2D eigenvalue weighted by atomic mass is 10.3. The Morgan fingerprint density at radius 3 is 2.42 bits per heavy atom. The molecule has 0 aromatic heterocycles. The van der Waals surface area contributed by atoms with Gasteiger partial charge < -0.3 is 4.74 Å². The molecule has 0 aliphatic heterocycles. The van der Waals surface area contributed by atoms with E-state index in [1.807, 2.05) is 20.8 Å². The lowest BCUT2D eigenvalue weighted by molar-refractivity contribution is -0.781. The first kappa shape index (κ1) is 11.2. The predicted octanol–water partition coefficient (Wildman–Crippen LogP) is 1.75. The molecule has 0 spiro atoms. The van der Waals surface area contributed by atoms with Crippen molar-refractivity contribution in [1.29, 1.82) is 0 Å². The van der Waals surface area contributed by atoms with Gasteiger partial charge in [0.25, 0.3) is 5.09 Å². The minimum absolute atomic E-state index is 0.0542. The number of hydrogen-bond acceptors (Lipinski definition) is 4. The SMILES string of the molecule is CCCC(OC(C)C)O[N+](=O)[O-]. The Hall–Kier alpha value is -0.840. The van der Waals surface area contributed by atoms with Gasteiger partial charge in [0.05, 0.1) is 6.10 Å². The van der Waals surface area contributed by atoms with Crippen LogP contribution in [0.15, 0.2) is 0 Å². The second-order valence-corrected chi connectivity index (χ2v) is 2.73. The Morgan fingerprint density at radius 2 is 2.08 bits per heavy atom. The first-order valence-electron chi connectivity index (χ1n) is 4.02. The predicted molar refractivity (Wildman–Crippen MR) is 43.0 cm³/mol. The molecule has 0 aromatic rings. The minimum Gasteiger partial charge on any atom is -0.350 e. The van der Waals surface area contributed by atoms with E-state index in [4.69, 9.17) is 4.74 Å². The van der Waals surface area contributed by atoms with Crippen LogP contribution in [0.25, 0.3) is 0 Å². The molecule has 0 N–H and O–H groups in total. The zero-order chi connectivity index (χ0) is 9.56. The van der Waals surface area contributed by atoms with E-state index in [1.165, 1.54) is 0 Å². The van der Waals surface area contributed by atoms with Crippen LogP contribution in [0.5, 0.6) is 0 Å². The summed E-state index contributed by atoms with van der Waals surface area (Å²) < 4.78 is 5.14. The molecule has 0 bridgehead atoms. The van der Waals surface area contributed by atoms with Gasteiger partial charge in [-0.25, -0.2) is 0 Å². The molecule has 0 amide bonds. The van der Waals surface area contributed by atoms with Crippen molar-refractivity contribution in [2.75, 3.05) is 0 Å². The van der Waals surface area contributed by atoms with Crippen LogP contribution in [0.1, 0.15) is 33.6 Å². The molecular weight excluding hydrogens is 162 g/mol. The molecule has 0 heterocycles. The molecule has 5 nitrogen and oxygen atoms in total. The molecule has 0 fully saturated rings. The highest BCUT2D eigenvalue weighted by Crippen LogP contribution is 2.06. The van der Waals surface area contributed by atoms with E-state index in [0.29, 0.717) is 6.42 Å². The molecule has 1 unspecified atom stereocenters. The average molecular weight is 177 g/mol. The summed E-state index contributed by atoms with van der Waals surface area (Å²) in [7, 11) is 0. The highest BCUT2D eigenvalue weighted by Gasteiger charge is 2.13. The fourth-order valence-corrected chi connectivity index (χ4v) is 0.781. The maximum atomic E-state index is 9.97. The summed E-state index contributed by atoms with van der Waals surface area (Å²) in [5.74, 6) is 0. The third kappa shape index (κ3) is 5.91. The van der Waals surface area contributed by atoms with Crippen molar-refractivity contribution in [3.63, 3.8) is 0 Å². The highest BCUT2D eigenvalue weighted by atomic mass is 17.0. The molecule has 5 heteroatoms. The Kier molecular flexibility index (Phi) is 5.36. The summed E-state index contributed by atoms with van der Waals surface area (Å²) in [4.78, 5) is 14.3. The topological polar surface area (TPSA) is 61.6 Å². The zero-order valence-electron chi connectivity index (χ0n) is 7.65. The summed E-state index contributed by atoms with van der Waals surface area (Å²) in [6, 6.07) is 0. The highest BCUT2D eigenvalue weighted by molar-refractivity contribution is 4.44. The lowest BCUT2D eigenvalue weighted by Crippen LogP contribution is -2.23. The standard InChI is InChI=1S/C7H15NO4/c1-4-5-7(11-6(2)3)12-8(9)10/h6-7H,4-5H2,1-3H3. The molecule has 1 atom stereocenters. The van der Waals surface area contributed by atoms with Crippen molar-refractivity contribution in [3.05, 3.63) is 10.1 Å². The van der Waals surface area contributed by atoms with Gasteiger partial charge in [0.15, 0.2) is 0 Å². The fourth-order valence-electron chi connectivity index (χ4n) is 0.781. The summed E-state index contributed by atoms with van der Waals surface area (Å²) >= 11 is 0. The van der Waals surface area contributed by atoms with Gasteiger partial charge in [-0.05, 0) is 20.3 Å². The second-order valence-electron chi connectivity index (χ2n) is 2.73. The van der Waals surface area contributed by atoms with Crippen molar-refractivity contribution in [2.24, 2.45) is 0 Å². The van der Waals surface area contributed by atoms with Crippen LogP contribution >= 0.6 is 0 Å². The van der Waals surface area contributed by atoms with Crippen LogP contribution < -0.4 is 0 Å². The molecule has 0 aliphatic rings. The van der Waals surface area contributed by atoms with Gasteiger partial charge in [-0.3, -0.25) is 4.84 Å². The van der Waals surface area contributed by atoms with E-state index in [1.54, 1.807) is 0 Å². The Labute approximate surface area is 71.8 Å². The molecule has 0 saturated heterocycles. The van der Waals surface area contributed by atoms with Crippen molar-refractivity contribution < 1.29 is 14.7 Å². The van der Waals surface area contributed by atoms with E-state index >= 15 is 0 Å². The first-order chi connectivity index (χ1) is 5.56. The third-order valence-electron chi connectivity index (χ3n) is 1.15. The minimum atomic E-state index is -0.817. The molecular formula is C7H15NO4. The zero-order valence-corrected chi connectivity index (χ0v) is 7.65. The lowest BCUT2D eigenvalue weighted by Gasteiger charge is -2.17. The summed E-state index contributed by atoms with van der Waals surface area (Å²) in [5, 5.41) is 9.15. The Morgan fingerprint density at radius 1 is 1.50 bits per heavy atom. The van der Waals surface area contributed by atoms with Gasteiger partial charge in [-0.1, -0.05) is 13.3 Å². The van der Waals surface area contributed by atoms with Gasteiger partial charge in [-0.15, -0.1) is 10.1 Å². The van der Waals surface area contributed by atoms with Crippen molar-refractivity contribution in [3.8, 4) is 0 Å². The van der Waals surface area contributed by atoms with E-state index < -0.39 is 11.4 Å². The van der Waals surface area contributed by atoms with Crippen LogP contribution in [0.3, 0.4) is 0 Å². The number of nitrogens with zero attached hydrogens (tertiary/aromatic N) is 1. The van der Waals surface area contributed by atoms with Gasteiger partial charge in [-0.2, -0.15) is 0 Å². The molecule has 0 rings (SSSR count). The molecule has 72 valence electrons. The molecule has 12 heavy (non-hydrogen) atoms. The van der Waals surface area contributed by atoms with E-state index in [9.17, 15) is 10.1 Å². The van der Waals surface area contributed by atoms with Crippen LogP contribution in [0.2, 0.25) is 0 Å². The Balaban J connectivity index is 3.77. The van der Waals surface area contributed by atoms with Gasteiger partial charge in [0, 0.05) is 0 Å². The van der Waals surface area contributed by atoms with Gasteiger partial charge in [0.2, 0.25) is 6.29 Å². The van der Waals surface area contributed by atoms with Crippen molar-refractivity contribution in [2.45, 2.75) is 46.0 Å². The number of rotatable bonds is 6. The maximum Gasteiger partial charge on any atom is 0.297 e. The first-order valence-corrected chi connectivity index (χ1v) is 4.02. The number of ether oxygens (including phenoxy) is 1. The molecule has 0 aliphatic carbocycles. The van der Waals surface area contributed by atoms with Crippen LogP contribution in [0, 0.1) is 10.1 Å². The molecule has 0 saturated carbocycles. The van der Waals surface area contributed by atoms with Gasteiger partial charge >= 0.3 is 0 Å². The quantitative estimate of drug-likeness (QED) is 0.352. The largest absolute Gasteiger partial charge is 0.350 e. The van der Waals surface area contributed by atoms with Crippen LogP contribution in [0.4, 0.5) is 0 Å². The monoisotopic (exact) mass is 177 g/mol. The summed E-state index contributed by atoms with van der Waals surface area (Å²) in [6.45, 7) is 5.54. The second kappa shape index (κ2) is 5.77. The van der Waals surface area contributed by atoms with E-state index in [-0.39, 0.29) is 6.10 Å². The molecule has 0 aromatic carbocycles. The van der Waals surface area contributed by atoms with Crippen LogP contribution in [-0.2, 0) is 9.57 Å². The number of hydrogen-bond donors (Lipinski definition) is 0. The smallest absolute Gasteiger partial charge is 0.297 e. The van der Waals surface area contributed by atoms with E-state index in [2.05, 4.69) is 4.84 Å². The van der Waals surface area contributed by atoms with Crippen molar-refractivity contribution >= 4 is 0 Å². The third-order valence-corrected chi connectivity index (χ3v) is 1.15. The normalized spacial score (nSPS) is 13.0. The van der Waals surface area contributed by atoms with Crippen molar-refractivity contribution in [1.82, 2.24) is 0 Å². The van der Waals surface area contributed by atoms with E-state index in [0.717, 1.165) is 6.42 Å². The summed E-state index contributed by atoms with van der Waals surface area (Å²) in [5.41, 5.74) is 0. The maximum absolute atomic E-state index is 9.97. The summed E-state index contributed by atoms with van der Waals surface area (Å²) in [6.07, 6.45) is 0.566. The average Bonchev–Trinajstić information content (AvgIpc) is 1.84. The van der Waals surface area contributed by atoms with Gasteiger partial charge in [0.1, 0.15) is 0 Å². The molecule has 0 radical (unpaired) electrons. The van der Waals surface area contributed by atoms with Crippen LogP contribution in [-0.4, -0.2) is 17.5 Å². The Bertz CT molecular complexity index is 137. The fraction of sp³-hybridized carbons (Fsp3) is 1.00.